The van der Waals surface area contributed by atoms with Crippen LogP contribution in [-0.4, -0.2) is 11.1 Å². The monoisotopic (exact) mass is 288 g/mol. The summed E-state index contributed by atoms with van der Waals surface area (Å²) in [5, 5.41) is 0.367. The number of hydrogen-bond donors (Lipinski definition) is 0. The molecule has 0 saturated carbocycles. The molecular weight excluding hydrogens is 276 g/mol. The molecule has 0 radical (unpaired) electrons. The zero-order valence-electron chi connectivity index (χ0n) is 9.61. The molecule has 86 valence electrons. The summed E-state index contributed by atoms with van der Waals surface area (Å²) >= 11 is 3.22. The number of benzene rings is 2. The van der Waals surface area contributed by atoms with Gasteiger partial charge in [-0.1, -0.05) is 64.5 Å². The molecule has 0 aliphatic carbocycles. The molecular formula is C15H13BrO. The molecule has 0 saturated heterocycles. The van der Waals surface area contributed by atoms with Gasteiger partial charge in [0.05, 0.1) is 5.33 Å². The second-order valence-electron chi connectivity index (χ2n) is 3.90. The lowest BCUT2D eigenvalue weighted by Crippen LogP contribution is -2.03. The maximum Gasteiger partial charge on any atom is 0.173 e. The number of alkyl halides is 1. The zero-order chi connectivity index (χ0) is 12.3. The summed E-state index contributed by atoms with van der Waals surface area (Å²) in [6.45, 7) is 2.00. The van der Waals surface area contributed by atoms with Gasteiger partial charge in [-0.25, -0.2) is 0 Å². The highest BCUT2D eigenvalue weighted by molar-refractivity contribution is 9.09. The molecule has 0 fully saturated rings. The summed E-state index contributed by atoms with van der Waals surface area (Å²) in [6, 6.07) is 16.0. The second kappa shape index (κ2) is 5.28. The van der Waals surface area contributed by atoms with Gasteiger partial charge in [-0.2, -0.15) is 0 Å². The third-order valence-electron chi connectivity index (χ3n) is 2.84. The van der Waals surface area contributed by atoms with E-state index in [1.807, 2.05) is 37.3 Å². The van der Waals surface area contributed by atoms with E-state index in [1.54, 1.807) is 0 Å². The first-order chi connectivity index (χ1) is 8.24. The Kier molecular flexibility index (Phi) is 3.75. The first-order valence-corrected chi connectivity index (χ1v) is 6.60. The Bertz CT molecular complexity index is 532. The Morgan fingerprint density at radius 1 is 1.06 bits per heavy atom. The van der Waals surface area contributed by atoms with E-state index in [9.17, 15) is 4.79 Å². The van der Waals surface area contributed by atoms with Crippen molar-refractivity contribution in [3.8, 4) is 11.1 Å². The minimum Gasteiger partial charge on any atom is -0.293 e. The van der Waals surface area contributed by atoms with Crippen LogP contribution in [-0.2, 0) is 0 Å². The molecule has 0 N–H and O–H groups in total. The van der Waals surface area contributed by atoms with E-state index >= 15 is 0 Å². The van der Waals surface area contributed by atoms with Crippen molar-refractivity contribution >= 4 is 21.7 Å². The summed E-state index contributed by atoms with van der Waals surface area (Å²) in [6.07, 6.45) is 0. The number of carbonyl (C=O) groups is 1. The largest absolute Gasteiger partial charge is 0.293 e. The third kappa shape index (κ3) is 2.47. The van der Waals surface area contributed by atoms with Crippen molar-refractivity contribution in [3.63, 3.8) is 0 Å². The molecule has 17 heavy (non-hydrogen) atoms. The molecule has 2 heteroatoms. The Morgan fingerprint density at radius 3 is 2.41 bits per heavy atom. The summed E-state index contributed by atoms with van der Waals surface area (Å²) in [5.41, 5.74) is 4.11. The average Bonchev–Trinajstić information content (AvgIpc) is 2.39. The van der Waals surface area contributed by atoms with Crippen LogP contribution in [0.1, 0.15) is 15.9 Å². The fourth-order valence-corrected chi connectivity index (χ4v) is 2.24. The van der Waals surface area contributed by atoms with E-state index in [0.717, 1.165) is 22.3 Å². The van der Waals surface area contributed by atoms with Crippen LogP contribution in [0.4, 0.5) is 0 Å². The van der Waals surface area contributed by atoms with Gasteiger partial charge < -0.3 is 0 Å². The van der Waals surface area contributed by atoms with Gasteiger partial charge in [-0.15, -0.1) is 0 Å². The summed E-state index contributed by atoms with van der Waals surface area (Å²) in [5.74, 6) is 0.125. The molecule has 0 spiro atoms. The number of carbonyl (C=O) groups excluding carboxylic acids is 1. The average molecular weight is 289 g/mol. The van der Waals surface area contributed by atoms with Crippen LogP contribution in [0.5, 0.6) is 0 Å². The normalized spacial score (nSPS) is 10.2. The molecule has 0 aromatic heterocycles. The van der Waals surface area contributed by atoms with Gasteiger partial charge in [0.2, 0.25) is 0 Å². The van der Waals surface area contributed by atoms with Gasteiger partial charge in [-0.3, -0.25) is 4.79 Å². The van der Waals surface area contributed by atoms with E-state index in [2.05, 4.69) is 34.1 Å². The van der Waals surface area contributed by atoms with Gasteiger partial charge in [0.15, 0.2) is 5.78 Å². The first-order valence-electron chi connectivity index (χ1n) is 5.48. The molecule has 1 nitrogen and oxygen atoms in total. The topological polar surface area (TPSA) is 17.1 Å². The maximum atomic E-state index is 11.8. The van der Waals surface area contributed by atoms with Gasteiger partial charge in [0.25, 0.3) is 0 Å². The Morgan fingerprint density at radius 2 is 1.76 bits per heavy atom. The molecule has 0 heterocycles. The minimum atomic E-state index is 0.125. The lowest BCUT2D eigenvalue weighted by atomic mass is 9.95. The Labute approximate surface area is 110 Å². The minimum absolute atomic E-state index is 0.125. The van der Waals surface area contributed by atoms with Crippen LogP contribution in [0.25, 0.3) is 11.1 Å². The van der Waals surface area contributed by atoms with Crippen molar-refractivity contribution in [1.82, 2.24) is 0 Å². The zero-order valence-corrected chi connectivity index (χ0v) is 11.2. The third-order valence-corrected chi connectivity index (χ3v) is 3.35. The van der Waals surface area contributed by atoms with Crippen molar-refractivity contribution in [2.75, 3.05) is 5.33 Å². The molecule has 0 unspecified atom stereocenters. The Hall–Kier alpha value is -1.41. The lowest BCUT2D eigenvalue weighted by Gasteiger charge is -2.09. The van der Waals surface area contributed by atoms with Crippen LogP contribution in [0.15, 0.2) is 48.5 Å². The molecule has 2 aromatic carbocycles. The van der Waals surface area contributed by atoms with Crippen LogP contribution in [0.3, 0.4) is 0 Å². The molecule has 0 atom stereocenters. The molecule has 0 bridgehead atoms. The van der Waals surface area contributed by atoms with Crippen molar-refractivity contribution < 1.29 is 4.79 Å². The smallest absolute Gasteiger partial charge is 0.173 e. The number of ketones is 1. The standard InChI is InChI=1S/C15H13BrO/c1-11-13(12-6-3-2-4-7-12)8-5-9-14(11)15(17)10-16/h2-9H,10H2,1H3. The van der Waals surface area contributed by atoms with E-state index in [4.69, 9.17) is 0 Å². The van der Waals surface area contributed by atoms with E-state index < -0.39 is 0 Å². The highest BCUT2D eigenvalue weighted by Gasteiger charge is 2.10. The molecule has 0 aliphatic rings. The van der Waals surface area contributed by atoms with Crippen LogP contribution < -0.4 is 0 Å². The van der Waals surface area contributed by atoms with E-state index in [-0.39, 0.29) is 5.78 Å². The maximum absolute atomic E-state index is 11.8. The van der Waals surface area contributed by atoms with Crippen molar-refractivity contribution in [3.05, 3.63) is 59.7 Å². The number of rotatable bonds is 3. The van der Waals surface area contributed by atoms with Crippen molar-refractivity contribution in [2.24, 2.45) is 0 Å². The van der Waals surface area contributed by atoms with Gasteiger partial charge in [0.1, 0.15) is 0 Å². The SMILES string of the molecule is Cc1c(C(=O)CBr)cccc1-c1ccccc1. The predicted molar refractivity (Wildman–Crippen MR) is 74.7 cm³/mol. The summed E-state index contributed by atoms with van der Waals surface area (Å²) in [7, 11) is 0. The van der Waals surface area contributed by atoms with Gasteiger partial charge in [0, 0.05) is 5.56 Å². The molecule has 0 amide bonds. The molecule has 0 aliphatic heterocycles. The van der Waals surface area contributed by atoms with Gasteiger partial charge in [-0.05, 0) is 23.6 Å². The number of Topliss-reactive ketones (excluding diaryl/α,β-unsaturated/α-hetero) is 1. The molecule has 2 aromatic rings. The highest BCUT2D eigenvalue weighted by atomic mass is 79.9. The number of hydrogen-bond acceptors (Lipinski definition) is 1. The van der Waals surface area contributed by atoms with Gasteiger partial charge >= 0.3 is 0 Å². The van der Waals surface area contributed by atoms with Crippen LogP contribution >= 0.6 is 15.9 Å². The van der Waals surface area contributed by atoms with Crippen LogP contribution in [0, 0.1) is 6.92 Å². The highest BCUT2D eigenvalue weighted by Crippen LogP contribution is 2.25. The lowest BCUT2D eigenvalue weighted by molar-refractivity contribution is 0.102. The van der Waals surface area contributed by atoms with E-state index in [1.165, 1.54) is 0 Å². The quantitative estimate of drug-likeness (QED) is 0.610. The fourth-order valence-electron chi connectivity index (χ4n) is 1.94. The van der Waals surface area contributed by atoms with Crippen LogP contribution in [0.2, 0.25) is 0 Å². The van der Waals surface area contributed by atoms with E-state index in [0.29, 0.717) is 5.33 Å². The van der Waals surface area contributed by atoms with Crippen molar-refractivity contribution in [2.45, 2.75) is 6.92 Å². The Balaban J connectivity index is 2.54. The summed E-state index contributed by atoms with van der Waals surface area (Å²) in [4.78, 5) is 11.8. The first kappa shape index (κ1) is 12.1. The summed E-state index contributed by atoms with van der Waals surface area (Å²) < 4.78 is 0. The second-order valence-corrected chi connectivity index (χ2v) is 4.46. The predicted octanol–water partition coefficient (Wildman–Crippen LogP) is 4.24. The molecule has 2 rings (SSSR count). The van der Waals surface area contributed by atoms with Crippen molar-refractivity contribution in [1.29, 1.82) is 0 Å². The fraction of sp³-hybridized carbons (Fsp3) is 0.133. The number of halogens is 1.